The van der Waals surface area contributed by atoms with Gasteiger partial charge < -0.3 is 43.3 Å². The molecular weight excluding hydrogens is 1470 g/mol. The van der Waals surface area contributed by atoms with Gasteiger partial charge in [0.1, 0.15) is 82.3 Å². The highest BCUT2D eigenvalue weighted by atomic mass is 127. The van der Waals surface area contributed by atoms with E-state index >= 15 is 8.78 Å². The number of amides is 2. The highest BCUT2D eigenvalue weighted by Gasteiger charge is 2.53. The Hall–Kier alpha value is -6.33. The smallest absolute Gasteiger partial charge is 0.410 e. The molecule has 16 rings (SSSR count). The summed E-state index contributed by atoms with van der Waals surface area (Å²) in [6.07, 6.45) is 10.1. The van der Waals surface area contributed by atoms with Crippen molar-refractivity contribution in [1.82, 2.24) is 49.5 Å². The Labute approximate surface area is 619 Å². The molecule has 10 fully saturated rings. The third-order valence-corrected chi connectivity index (χ3v) is 23.2. The monoisotopic (exact) mass is 1560 g/mol. The van der Waals surface area contributed by atoms with Gasteiger partial charge in [-0.1, -0.05) is 37.0 Å². The van der Waals surface area contributed by atoms with Crippen LogP contribution in [-0.4, -0.2) is 205 Å². The molecule has 4 unspecified atom stereocenters. The van der Waals surface area contributed by atoms with Gasteiger partial charge in [-0.2, -0.15) is 19.9 Å². The van der Waals surface area contributed by atoms with Gasteiger partial charge >= 0.3 is 24.2 Å². The van der Waals surface area contributed by atoms with Crippen molar-refractivity contribution in [2.24, 2.45) is 11.8 Å². The number of anilines is 2. The lowest BCUT2D eigenvalue weighted by atomic mass is 9.95. The number of carbonyl (C=O) groups excluding carboxylic acids is 2. The second-order valence-corrected chi connectivity index (χ2v) is 32.9. The van der Waals surface area contributed by atoms with E-state index < -0.39 is 46.3 Å². The van der Waals surface area contributed by atoms with Gasteiger partial charge in [0.15, 0.2) is 18.4 Å². The molecule has 4 bridgehead atoms. The number of hydrogen-bond acceptors (Lipinski definition) is 19. The fourth-order valence-corrected chi connectivity index (χ4v) is 18.4. The van der Waals surface area contributed by atoms with E-state index in [4.69, 9.17) is 66.6 Å². The number of piperazine rings is 2. The summed E-state index contributed by atoms with van der Waals surface area (Å²) in [7, 11) is 1.53. The molecule has 0 spiro atoms. The number of hydrogen-bond donors (Lipinski definition) is 1. The van der Waals surface area contributed by atoms with Gasteiger partial charge in [-0.3, -0.25) is 29.6 Å². The molecule has 2 aliphatic carbocycles. The van der Waals surface area contributed by atoms with Crippen molar-refractivity contribution in [3.63, 3.8) is 0 Å². The summed E-state index contributed by atoms with van der Waals surface area (Å²) in [5.74, 6) is 1.10. The molecule has 12 heterocycles. The first-order valence-corrected chi connectivity index (χ1v) is 36.7. The van der Waals surface area contributed by atoms with Gasteiger partial charge in [-0.15, -0.1) is 24.0 Å². The molecule has 8 aliphatic heterocycles. The van der Waals surface area contributed by atoms with Crippen LogP contribution in [0.25, 0.3) is 44.3 Å². The van der Waals surface area contributed by atoms with Crippen LogP contribution in [0, 0.1) is 23.5 Å². The first-order valence-electron chi connectivity index (χ1n) is 35.9. The first-order chi connectivity index (χ1) is 48.1. The first kappa shape index (κ1) is 72.6. The number of methoxy groups -OCH3 is 1. The van der Waals surface area contributed by atoms with E-state index in [0.29, 0.717) is 113 Å². The number of nitrogens with zero attached hydrogens (tertiary/aromatic N) is 12. The van der Waals surface area contributed by atoms with Crippen LogP contribution in [-0.2, 0) is 14.2 Å². The second kappa shape index (κ2) is 27.9. The molecule has 1 N–H and O–H groups in total. The lowest BCUT2D eigenvalue weighted by Gasteiger charge is -2.42. The van der Waals surface area contributed by atoms with Crippen LogP contribution in [0.2, 0.25) is 10.0 Å². The number of aromatic nitrogens is 6. The van der Waals surface area contributed by atoms with Gasteiger partial charge in [0, 0.05) is 92.8 Å². The highest BCUT2D eigenvalue weighted by Crippen LogP contribution is 2.56. The molecule has 2 aromatic carbocycles. The Morgan fingerprint density at radius 3 is 1.42 bits per heavy atom. The van der Waals surface area contributed by atoms with Crippen molar-refractivity contribution >= 4 is 92.8 Å². The molecule has 2 amide bonds. The Bertz CT molecular complexity index is 4210. The maximum absolute atomic E-state index is 17.2. The third-order valence-electron chi connectivity index (χ3n) is 22.6. The molecule has 4 aromatic heterocycles. The number of pyridine rings is 2. The predicted octanol–water partition coefficient (Wildman–Crippen LogP) is 14.6. The number of fused-ring (bicyclic) bond motifs is 8. The molecule has 2 saturated carbocycles. The molecule has 550 valence electrons. The number of alkyl halides is 2. The summed E-state index contributed by atoms with van der Waals surface area (Å²) >= 11 is 13.5. The summed E-state index contributed by atoms with van der Waals surface area (Å²) in [6, 6.07) is 6.10. The molecule has 28 heteroatoms. The summed E-state index contributed by atoms with van der Waals surface area (Å²) in [4.78, 5) is 67.0. The second-order valence-electron chi connectivity index (χ2n) is 32.1. The number of benzene rings is 2. The zero-order valence-electron chi connectivity index (χ0n) is 59.3. The molecule has 8 saturated heterocycles. The largest absolute Gasteiger partial charge is 0.508 e. The molecule has 102 heavy (non-hydrogen) atoms. The van der Waals surface area contributed by atoms with E-state index in [1.54, 1.807) is 24.5 Å². The van der Waals surface area contributed by atoms with Crippen LogP contribution in [0.4, 0.5) is 38.8 Å². The van der Waals surface area contributed by atoms with Crippen LogP contribution in [0.1, 0.15) is 155 Å². The Balaban J connectivity index is 0.000000171. The van der Waals surface area contributed by atoms with E-state index in [1.807, 2.05) is 51.3 Å². The SMILES string of the molecule is COCOc1cc(Cl)c([C@@H]2C[C@H]2C)c(-c2ncc3c(N4CC5CCC(C4)N5C(=O)OC(C)(C)C)nc(OC[C@@]45CCCN4C[C@H](F)C5)nc3c2F)c1.C[C@H]1C[C@@H]1c1c(Cl)cc(O)cc1-c1ncc2c(N3CC4CCC(C3)N4C(=O)OC(C)(C)C)nc(OC[C@@]34CCCN3C[C@H](F)C4)nc2c1F.I. The maximum Gasteiger partial charge on any atom is 0.410 e. The number of carbonyl (C=O) groups is 2. The quantitative estimate of drug-likeness (QED) is 0.0576. The third kappa shape index (κ3) is 14.0. The lowest BCUT2D eigenvalue weighted by molar-refractivity contribution is 0.0111. The predicted molar refractivity (Wildman–Crippen MR) is 389 cm³/mol. The molecule has 0 radical (unpaired) electrons. The van der Waals surface area contributed by atoms with Gasteiger partial charge in [0.2, 0.25) is 0 Å². The van der Waals surface area contributed by atoms with E-state index in [1.165, 1.54) is 19.2 Å². The van der Waals surface area contributed by atoms with Gasteiger partial charge in [-0.25, -0.2) is 27.2 Å². The van der Waals surface area contributed by atoms with Gasteiger partial charge in [0.05, 0.1) is 46.0 Å². The number of aromatic hydroxyl groups is 1. The fraction of sp³-hybridized carbons (Fsp3) is 0.622. The molecule has 12 atom stereocenters. The maximum atomic E-state index is 17.2. The van der Waals surface area contributed by atoms with Crippen LogP contribution >= 0.6 is 47.2 Å². The topological polar surface area (TPSA) is 207 Å². The van der Waals surface area contributed by atoms with Crippen LogP contribution < -0.4 is 24.0 Å². The molecule has 10 aliphatic rings. The number of phenolic OH excluding ortho intramolecular Hbond substituents is 1. The van der Waals surface area contributed by atoms with E-state index in [-0.39, 0.29) is 132 Å². The average molecular weight is 1570 g/mol. The van der Waals surface area contributed by atoms with Gasteiger partial charge in [-0.05, 0) is 178 Å². The van der Waals surface area contributed by atoms with Crippen molar-refractivity contribution < 1.29 is 60.7 Å². The zero-order chi connectivity index (χ0) is 70.9. The minimum atomic E-state index is -0.919. The molecule has 21 nitrogen and oxygen atoms in total. The van der Waals surface area contributed by atoms with Crippen LogP contribution in [0.5, 0.6) is 23.5 Å². The molecule has 6 aromatic rings. The van der Waals surface area contributed by atoms with Crippen molar-refractivity contribution in [3.8, 4) is 46.0 Å². The summed E-state index contributed by atoms with van der Waals surface area (Å²) < 4.78 is 98.3. The zero-order valence-corrected chi connectivity index (χ0v) is 63.1. The average Bonchev–Trinajstić information content (AvgIpc) is 0.999. The number of ether oxygens (including phenoxy) is 6. The Morgan fingerprint density at radius 2 is 1.02 bits per heavy atom. The van der Waals surface area contributed by atoms with E-state index in [2.05, 4.69) is 48.4 Å². The van der Waals surface area contributed by atoms with Crippen LogP contribution in [0.3, 0.4) is 0 Å². The van der Waals surface area contributed by atoms with Crippen LogP contribution in [0.15, 0.2) is 36.7 Å². The van der Waals surface area contributed by atoms with E-state index in [0.717, 1.165) is 88.4 Å². The van der Waals surface area contributed by atoms with Gasteiger partial charge in [0.25, 0.3) is 0 Å². The lowest BCUT2D eigenvalue weighted by Crippen LogP contribution is -2.57. The van der Waals surface area contributed by atoms with E-state index in [9.17, 15) is 23.5 Å². The number of rotatable bonds is 15. The van der Waals surface area contributed by atoms with Crippen molar-refractivity contribution in [2.75, 3.05) is 89.3 Å². The van der Waals surface area contributed by atoms with Crippen molar-refractivity contribution in [3.05, 3.63) is 69.5 Å². The molecular formula is C74H91Cl2F4IN12O9. The van der Waals surface area contributed by atoms with Crippen molar-refractivity contribution in [1.29, 1.82) is 0 Å². The Morgan fingerprint density at radius 1 is 0.608 bits per heavy atom. The number of halogens is 7. The summed E-state index contributed by atoms with van der Waals surface area (Å²) in [5, 5.41) is 12.2. The summed E-state index contributed by atoms with van der Waals surface area (Å²) in [5.41, 5.74) is 0.717. The minimum absolute atomic E-state index is 0. The number of phenols is 1. The minimum Gasteiger partial charge on any atom is -0.508 e. The highest BCUT2D eigenvalue weighted by molar-refractivity contribution is 14.0. The normalized spacial score (nSPS) is 28.7. The van der Waals surface area contributed by atoms with Crippen molar-refractivity contribution in [2.45, 2.75) is 203 Å². The Kier molecular flexibility index (Phi) is 19.8. The fourth-order valence-electron chi connectivity index (χ4n) is 17.7. The standard InChI is InChI=1S/C38H47ClF2N6O5.C36H43ClF2N6O4.HI/c1-21-11-26(21)30-27(12-25(13-29(30)39)51-20-49-5)32-31(41)33-28(15-42-32)34(44-35(43-33)50-19-38-9-6-10-46(38)16-22(40)14-38)45-17-23-7-8-24(18-45)47(23)36(48)52-37(2,3)4;1-19-10-24(19)28-25(11-23(46)12-27(28)37)30-29(39)31-26(14-40-30)32(42-33(41-31)48-18-36-8-5-9-44(36)15-20(38)13-36)43-16-21-6-7-22(17-43)45(21)34(47)49-35(2,3)4;/h12-13,15,21-24,26H,6-11,14,16-20H2,1-5H3;11-12,14,19-22,24,46H,5-10,13,15-18H2,1-4H3;1H/t21-,22-,23?,24?,26-,38+;19-,20+,21?,22?,24-,36-;/m10./s1. The summed E-state index contributed by atoms with van der Waals surface area (Å²) in [6.45, 7) is 20.1.